The van der Waals surface area contributed by atoms with Gasteiger partial charge in [0.15, 0.2) is 5.65 Å². The first-order valence-corrected chi connectivity index (χ1v) is 6.75. The van der Waals surface area contributed by atoms with Gasteiger partial charge in [-0.1, -0.05) is 6.92 Å². The minimum absolute atomic E-state index is 0.676. The molecule has 96 valence electrons. The molecule has 2 heterocycles. The number of fused-ring (bicyclic) bond motifs is 1. The summed E-state index contributed by atoms with van der Waals surface area (Å²) in [6.07, 6.45) is 7.98. The van der Waals surface area contributed by atoms with Gasteiger partial charge in [-0.3, -0.25) is 0 Å². The third-order valence-corrected chi connectivity index (χ3v) is 3.78. The van der Waals surface area contributed by atoms with Crippen molar-refractivity contribution in [1.29, 1.82) is 0 Å². The molecule has 4 nitrogen and oxygen atoms in total. The van der Waals surface area contributed by atoms with Gasteiger partial charge < -0.3 is 5.32 Å². The highest BCUT2D eigenvalue weighted by Crippen LogP contribution is 2.24. The average molecular weight is 244 g/mol. The van der Waals surface area contributed by atoms with Gasteiger partial charge in [0.25, 0.3) is 0 Å². The zero-order valence-corrected chi connectivity index (χ0v) is 11.1. The molecule has 0 radical (unpaired) electrons. The van der Waals surface area contributed by atoms with Crippen molar-refractivity contribution in [3.05, 3.63) is 29.7 Å². The number of nitrogens with zero attached hydrogens (tertiary/aromatic N) is 3. The average Bonchev–Trinajstić information content (AvgIpc) is 2.90. The Hall–Kier alpha value is -1.42. The molecular weight excluding hydrogens is 224 g/mol. The maximum atomic E-state index is 4.42. The molecule has 0 bridgehead atoms. The van der Waals surface area contributed by atoms with Gasteiger partial charge in [-0.2, -0.15) is 5.10 Å². The molecule has 1 N–H and O–H groups in total. The summed E-state index contributed by atoms with van der Waals surface area (Å²) < 4.78 is 1.86. The Morgan fingerprint density at radius 2 is 2.33 bits per heavy atom. The van der Waals surface area contributed by atoms with Gasteiger partial charge in [0.2, 0.25) is 0 Å². The zero-order valence-electron chi connectivity index (χ0n) is 11.1. The van der Waals surface area contributed by atoms with E-state index in [1.54, 1.807) is 0 Å². The number of hydrogen-bond donors (Lipinski definition) is 1. The third-order valence-electron chi connectivity index (χ3n) is 3.78. The Morgan fingerprint density at radius 1 is 1.44 bits per heavy atom. The summed E-state index contributed by atoms with van der Waals surface area (Å²) in [7, 11) is 0. The number of aromatic nitrogens is 3. The van der Waals surface area contributed by atoms with E-state index in [2.05, 4.69) is 28.5 Å². The second-order valence-corrected chi connectivity index (χ2v) is 5.55. The summed E-state index contributed by atoms with van der Waals surface area (Å²) in [5.74, 6) is 0.872. The molecule has 0 amide bonds. The van der Waals surface area contributed by atoms with Gasteiger partial charge in [0.05, 0.1) is 5.69 Å². The van der Waals surface area contributed by atoms with E-state index in [1.165, 1.54) is 24.8 Å². The molecule has 4 heteroatoms. The predicted octanol–water partition coefficient (Wildman–Crippen LogP) is 2.32. The van der Waals surface area contributed by atoms with E-state index in [9.17, 15) is 0 Å². The lowest BCUT2D eigenvalue weighted by atomic mass is 10.1. The molecule has 0 aromatic carbocycles. The summed E-state index contributed by atoms with van der Waals surface area (Å²) in [5.41, 5.74) is 3.13. The molecule has 0 spiro atoms. The van der Waals surface area contributed by atoms with Crippen molar-refractivity contribution in [3.63, 3.8) is 0 Å². The fourth-order valence-electron chi connectivity index (χ4n) is 2.78. The molecular formula is C14H20N4. The van der Waals surface area contributed by atoms with E-state index in [-0.39, 0.29) is 0 Å². The third kappa shape index (κ3) is 2.38. The first kappa shape index (κ1) is 11.7. The van der Waals surface area contributed by atoms with Gasteiger partial charge in [0.1, 0.15) is 0 Å². The van der Waals surface area contributed by atoms with Gasteiger partial charge in [-0.05, 0) is 32.1 Å². The molecule has 18 heavy (non-hydrogen) atoms. The minimum atomic E-state index is 0.676. The van der Waals surface area contributed by atoms with Gasteiger partial charge in [-0.25, -0.2) is 9.50 Å². The van der Waals surface area contributed by atoms with Crippen LogP contribution in [0.4, 0.5) is 0 Å². The topological polar surface area (TPSA) is 42.2 Å². The maximum Gasteiger partial charge on any atom is 0.155 e. The Bertz CT molecular complexity index is 546. The lowest BCUT2D eigenvalue weighted by molar-refractivity contribution is 0.501. The molecule has 0 aliphatic heterocycles. The lowest BCUT2D eigenvalue weighted by Gasteiger charge is -2.12. The molecule has 1 aliphatic carbocycles. The normalized spacial score (nSPS) is 23.9. The molecule has 1 fully saturated rings. The molecule has 2 aromatic rings. The van der Waals surface area contributed by atoms with Crippen molar-refractivity contribution in [2.24, 2.45) is 5.92 Å². The van der Waals surface area contributed by atoms with Crippen LogP contribution in [0.15, 0.2) is 18.5 Å². The maximum absolute atomic E-state index is 4.42. The summed E-state index contributed by atoms with van der Waals surface area (Å²) >= 11 is 0. The second kappa shape index (κ2) is 4.69. The van der Waals surface area contributed by atoms with Crippen LogP contribution in [0.1, 0.15) is 37.4 Å². The van der Waals surface area contributed by atoms with Crippen LogP contribution < -0.4 is 5.32 Å². The van der Waals surface area contributed by atoms with Crippen molar-refractivity contribution in [2.75, 3.05) is 0 Å². The largest absolute Gasteiger partial charge is 0.310 e. The minimum Gasteiger partial charge on any atom is -0.310 e. The Morgan fingerprint density at radius 3 is 3.11 bits per heavy atom. The van der Waals surface area contributed by atoms with Gasteiger partial charge in [0, 0.05) is 36.6 Å². The summed E-state index contributed by atoms with van der Waals surface area (Å²) in [6, 6.07) is 2.67. The van der Waals surface area contributed by atoms with Crippen LogP contribution in [0.25, 0.3) is 5.65 Å². The van der Waals surface area contributed by atoms with Crippen molar-refractivity contribution in [1.82, 2.24) is 19.9 Å². The quantitative estimate of drug-likeness (QED) is 0.901. The monoisotopic (exact) mass is 244 g/mol. The molecule has 1 aliphatic rings. The van der Waals surface area contributed by atoms with E-state index >= 15 is 0 Å². The van der Waals surface area contributed by atoms with Crippen molar-refractivity contribution in [2.45, 2.75) is 45.7 Å². The standard InChI is InChI=1S/C14H20N4/c1-10-3-4-13(5-10)15-7-12-8-16-14-6-11(2)17-18(14)9-12/h6,8-10,13,15H,3-5,7H2,1-2H3. The van der Waals surface area contributed by atoms with Crippen LogP contribution in [-0.2, 0) is 6.54 Å². The SMILES string of the molecule is Cc1cc2ncc(CNC3CCC(C)C3)cn2n1. The van der Waals surface area contributed by atoms with Crippen molar-refractivity contribution in [3.8, 4) is 0 Å². The first-order chi connectivity index (χ1) is 8.70. The van der Waals surface area contributed by atoms with Crippen LogP contribution in [0.2, 0.25) is 0 Å². The van der Waals surface area contributed by atoms with Crippen LogP contribution in [0.5, 0.6) is 0 Å². The molecule has 0 saturated heterocycles. The Kier molecular flexibility index (Phi) is 3.04. The number of aryl methyl sites for hydroxylation is 1. The van der Waals surface area contributed by atoms with Crippen LogP contribution in [0.3, 0.4) is 0 Å². The Balaban J connectivity index is 1.67. The van der Waals surface area contributed by atoms with Crippen molar-refractivity contribution >= 4 is 5.65 Å². The van der Waals surface area contributed by atoms with Crippen LogP contribution in [-0.4, -0.2) is 20.6 Å². The van der Waals surface area contributed by atoms with E-state index < -0.39 is 0 Å². The second-order valence-electron chi connectivity index (χ2n) is 5.55. The van der Waals surface area contributed by atoms with Gasteiger partial charge in [-0.15, -0.1) is 0 Å². The number of rotatable bonds is 3. The fourth-order valence-corrected chi connectivity index (χ4v) is 2.78. The highest BCUT2D eigenvalue weighted by atomic mass is 15.2. The zero-order chi connectivity index (χ0) is 12.5. The predicted molar refractivity (Wildman–Crippen MR) is 71.4 cm³/mol. The smallest absolute Gasteiger partial charge is 0.155 e. The highest BCUT2D eigenvalue weighted by molar-refractivity contribution is 5.38. The van der Waals surface area contributed by atoms with Crippen molar-refractivity contribution < 1.29 is 0 Å². The van der Waals surface area contributed by atoms with E-state index in [4.69, 9.17) is 0 Å². The summed E-state index contributed by atoms with van der Waals surface area (Å²) in [6.45, 7) is 5.22. The molecule has 3 rings (SSSR count). The van der Waals surface area contributed by atoms with Crippen LogP contribution in [0, 0.1) is 12.8 Å². The molecule has 2 aromatic heterocycles. The summed E-state index contributed by atoms with van der Waals surface area (Å²) in [5, 5.41) is 8.01. The molecule has 1 saturated carbocycles. The fraction of sp³-hybridized carbons (Fsp3) is 0.571. The number of hydrogen-bond acceptors (Lipinski definition) is 3. The van der Waals surface area contributed by atoms with E-state index in [0.29, 0.717) is 6.04 Å². The molecule has 2 unspecified atom stereocenters. The van der Waals surface area contributed by atoms with Crippen LogP contribution >= 0.6 is 0 Å². The lowest BCUT2D eigenvalue weighted by Crippen LogP contribution is -2.26. The highest BCUT2D eigenvalue weighted by Gasteiger charge is 2.20. The Labute approximate surface area is 107 Å². The molecule has 2 atom stereocenters. The van der Waals surface area contributed by atoms with E-state index in [0.717, 1.165) is 23.8 Å². The summed E-state index contributed by atoms with van der Waals surface area (Å²) in [4.78, 5) is 4.42. The van der Waals surface area contributed by atoms with E-state index in [1.807, 2.05) is 23.7 Å². The number of nitrogens with one attached hydrogen (secondary N) is 1. The van der Waals surface area contributed by atoms with Gasteiger partial charge >= 0.3 is 0 Å². The first-order valence-electron chi connectivity index (χ1n) is 6.75.